The van der Waals surface area contributed by atoms with Gasteiger partial charge in [0.1, 0.15) is 5.52 Å². The number of likely N-dealkylation sites (tertiary alicyclic amines) is 1. The summed E-state index contributed by atoms with van der Waals surface area (Å²) < 4.78 is 5.72. The molecule has 1 saturated carbocycles. The smallest absolute Gasteiger partial charge is 0.295 e. The number of benzene rings is 1. The first-order chi connectivity index (χ1) is 11.2. The third kappa shape index (κ3) is 2.92. The number of hydrogen-bond acceptors (Lipinski definition) is 4. The van der Waals surface area contributed by atoms with Crippen LogP contribution in [0.3, 0.4) is 0 Å². The molecule has 1 amide bonds. The topological polar surface area (TPSA) is 58.4 Å². The van der Waals surface area contributed by atoms with Gasteiger partial charge < -0.3 is 14.6 Å². The van der Waals surface area contributed by atoms with Crippen molar-refractivity contribution in [3.8, 4) is 0 Å². The van der Waals surface area contributed by atoms with Gasteiger partial charge in [-0.15, -0.1) is 0 Å². The molecule has 5 nitrogen and oxygen atoms in total. The Balaban J connectivity index is 1.37. The summed E-state index contributed by atoms with van der Waals surface area (Å²) in [5, 5.41) is 3.27. The monoisotopic (exact) mass is 313 g/mol. The molecule has 0 bridgehead atoms. The third-order valence-corrected chi connectivity index (χ3v) is 5.09. The molecule has 0 spiro atoms. The van der Waals surface area contributed by atoms with Gasteiger partial charge in [0.25, 0.3) is 6.01 Å². The fraction of sp³-hybridized carbons (Fsp3) is 0.556. The average molecular weight is 313 g/mol. The van der Waals surface area contributed by atoms with Gasteiger partial charge in [0.15, 0.2) is 5.58 Å². The molecule has 2 fully saturated rings. The van der Waals surface area contributed by atoms with Crippen LogP contribution >= 0.6 is 0 Å². The highest BCUT2D eigenvalue weighted by atomic mass is 16.4. The molecular weight excluding hydrogens is 290 g/mol. The Labute approximate surface area is 136 Å². The molecule has 1 saturated heterocycles. The molecule has 1 aliphatic carbocycles. The van der Waals surface area contributed by atoms with Gasteiger partial charge in [0, 0.05) is 31.5 Å². The Bertz CT molecular complexity index is 718. The van der Waals surface area contributed by atoms with Crippen molar-refractivity contribution >= 4 is 23.0 Å². The summed E-state index contributed by atoms with van der Waals surface area (Å²) in [5.74, 6) is 0.664. The summed E-state index contributed by atoms with van der Waals surface area (Å²) in [5.41, 5.74) is 2.85. The second kappa shape index (κ2) is 5.87. The van der Waals surface area contributed by atoms with Crippen molar-refractivity contribution in [2.75, 3.05) is 18.4 Å². The van der Waals surface area contributed by atoms with Crippen LogP contribution in [0.1, 0.15) is 37.7 Å². The van der Waals surface area contributed by atoms with Gasteiger partial charge in [-0.05, 0) is 37.5 Å². The lowest BCUT2D eigenvalue weighted by Crippen LogP contribution is -2.34. The van der Waals surface area contributed by atoms with E-state index in [0.717, 1.165) is 24.2 Å². The van der Waals surface area contributed by atoms with E-state index in [-0.39, 0.29) is 0 Å². The van der Waals surface area contributed by atoms with E-state index < -0.39 is 0 Å². The predicted octanol–water partition coefficient (Wildman–Crippen LogP) is 3.34. The number of carbonyl (C=O) groups excluding carboxylic acids is 1. The largest absolute Gasteiger partial charge is 0.424 e. The van der Waals surface area contributed by atoms with Crippen LogP contribution in [0.5, 0.6) is 0 Å². The number of hydrogen-bond donors (Lipinski definition) is 1. The maximum absolute atomic E-state index is 12.2. The zero-order valence-electron chi connectivity index (χ0n) is 13.5. The second-order valence-corrected chi connectivity index (χ2v) is 6.93. The van der Waals surface area contributed by atoms with Crippen molar-refractivity contribution in [3.05, 3.63) is 23.8 Å². The number of nitrogens with one attached hydrogen (secondary N) is 1. The first kappa shape index (κ1) is 14.5. The number of aryl methyl sites for hydroxylation is 1. The van der Waals surface area contributed by atoms with Gasteiger partial charge in [-0.25, -0.2) is 0 Å². The number of oxazole rings is 1. The van der Waals surface area contributed by atoms with Crippen molar-refractivity contribution < 1.29 is 9.21 Å². The summed E-state index contributed by atoms with van der Waals surface area (Å²) in [6.45, 7) is 3.65. The minimum Gasteiger partial charge on any atom is -0.424 e. The molecule has 1 unspecified atom stereocenters. The van der Waals surface area contributed by atoms with Crippen LogP contribution in [0.2, 0.25) is 0 Å². The molecule has 4 rings (SSSR count). The molecule has 2 aliphatic rings. The van der Waals surface area contributed by atoms with E-state index in [4.69, 9.17) is 4.42 Å². The Hall–Kier alpha value is -2.04. The number of rotatable bonds is 4. The first-order valence-corrected chi connectivity index (χ1v) is 8.59. The van der Waals surface area contributed by atoms with Gasteiger partial charge in [-0.1, -0.05) is 18.9 Å². The molecular formula is C18H23N3O2. The average Bonchev–Trinajstić information content (AvgIpc) is 3.23. The second-order valence-electron chi connectivity index (χ2n) is 6.93. The van der Waals surface area contributed by atoms with Crippen molar-refractivity contribution in [2.24, 2.45) is 5.92 Å². The standard InChI is InChI=1S/C18H23N3O2/c1-12-6-7-16-15(8-12)20-18(23-16)19-10-13-9-17(22)21(11-13)14-4-2-3-5-14/h6-8,13-14H,2-5,9-11H2,1H3,(H,19,20). The summed E-state index contributed by atoms with van der Waals surface area (Å²) >= 11 is 0. The van der Waals surface area contributed by atoms with E-state index in [1.165, 1.54) is 31.2 Å². The number of anilines is 1. The van der Waals surface area contributed by atoms with Crippen LogP contribution in [-0.4, -0.2) is 34.9 Å². The Morgan fingerprint density at radius 1 is 1.35 bits per heavy atom. The predicted molar refractivity (Wildman–Crippen MR) is 89.3 cm³/mol. The molecule has 122 valence electrons. The number of nitrogens with zero attached hydrogens (tertiary/aromatic N) is 2. The fourth-order valence-corrected chi connectivity index (χ4v) is 3.86. The first-order valence-electron chi connectivity index (χ1n) is 8.59. The summed E-state index contributed by atoms with van der Waals surface area (Å²) in [6.07, 6.45) is 5.52. The Kier molecular flexibility index (Phi) is 3.71. The quantitative estimate of drug-likeness (QED) is 0.940. The van der Waals surface area contributed by atoms with Gasteiger partial charge in [-0.3, -0.25) is 4.79 Å². The lowest BCUT2D eigenvalue weighted by Gasteiger charge is -2.24. The molecule has 0 radical (unpaired) electrons. The normalized spacial score (nSPS) is 22.4. The number of amides is 1. The van der Waals surface area contributed by atoms with Crippen molar-refractivity contribution in [1.82, 2.24) is 9.88 Å². The molecule has 1 N–H and O–H groups in total. The molecule has 1 aliphatic heterocycles. The highest BCUT2D eigenvalue weighted by Crippen LogP contribution is 2.29. The molecule has 23 heavy (non-hydrogen) atoms. The highest BCUT2D eigenvalue weighted by Gasteiger charge is 2.35. The summed E-state index contributed by atoms with van der Waals surface area (Å²) in [4.78, 5) is 18.8. The molecule has 2 aromatic rings. The van der Waals surface area contributed by atoms with E-state index in [1.54, 1.807) is 0 Å². The molecule has 1 atom stereocenters. The third-order valence-electron chi connectivity index (χ3n) is 5.09. The van der Waals surface area contributed by atoms with Gasteiger partial charge in [-0.2, -0.15) is 4.98 Å². The van der Waals surface area contributed by atoms with Crippen molar-refractivity contribution in [3.63, 3.8) is 0 Å². The van der Waals surface area contributed by atoms with Crippen LogP contribution in [0.15, 0.2) is 22.6 Å². The zero-order valence-corrected chi connectivity index (χ0v) is 13.5. The van der Waals surface area contributed by atoms with Gasteiger partial charge in [0.2, 0.25) is 5.91 Å². The Morgan fingerprint density at radius 3 is 3.00 bits per heavy atom. The molecule has 1 aromatic heterocycles. The molecule has 2 heterocycles. The minimum absolute atomic E-state index is 0.317. The minimum atomic E-state index is 0.317. The van der Waals surface area contributed by atoms with E-state index in [2.05, 4.69) is 15.2 Å². The van der Waals surface area contributed by atoms with E-state index in [9.17, 15) is 4.79 Å². The van der Waals surface area contributed by atoms with Crippen LogP contribution in [0.25, 0.3) is 11.1 Å². The molecule has 1 aromatic carbocycles. The SMILES string of the molecule is Cc1ccc2oc(NCC3CC(=O)N(C4CCCC4)C3)nc2c1. The van der Waals surface area contributed by atoms with Gasteiger partial charge >= 0.3 is 0 Å². The fourth-order valence-electron chi connectivity index (χ4n) is 3.86. The highest BCUT2D eigenvalue weighted by molar-refractivity contribution is 5.79. The van der Waals surface area contributed by atoms with E-state index in [1.807, 2.05) is 25.1 Å². The lowest BCUT2D eigenvalue weighted by atomic mass is 10.1. The van der Waals surface area contributed by atoms with Gasteiger partial charge in [0.05, 0.1) is 0 Å². The maximum atomic E-state index is 12.2. The van der Waals surface area contributed by atoms with Crippen molar-refractivity contribution in [1.29, 1.82) is 0 Å². The summed E-state index contributed by atoms with van der Waals surface area (Å²) in [6, 6.07) is 7.03. The Morgan fingerprint density at radius 2 is 2.17 bits per heavy atom. The summed E-state index contributed by atoms with van der Waals surface area (Å²) in [7, 11) is 0. The van der Waals surface area contributed by atoms with Crippen LogP contribution in [0.4, 0.5) is 6.01 Å². The van der Waals surface area contributed by atoms with E-state index in [0.29, 0.717) is 30.3 Å². The maximum Gasteiger partial charge on any atom is 0.295 e. The van der Waals surface area contributed by atoms with Crippen LogP contribution in [0, 0.1) is 12.8 Å². The number of aromatic nitrogens is 1. The van der Waals surface area contributed by atoms with E-state index >= 15 is 0 Å². The number of carbonyl (C=O) groups is 1. The molecule has 5 heteroatoms. The lowest BCUT2D eigenvalue weighted by molar-refractivity contribution is -0.129. The number of fused-ring (bicyclic) bond motifs is 1. The van der Waals surface area contributed by atoms with Crippen molar-refractivity contribution in [2.45, 2.75) is 45.1 Å². The van der Waals surface area contributed by atoms with Crippen LogP contribution < -0.4 is 5.32 Å². The zero-order chi connectivity index (χ0) is 15.8. The van der Waals surface area contributed by atoms with Crippen LogP contribution in [-0.2, 0) is 4.79 Å².